The van der Waals surface area contributed by atoms with E-state index in [1.54, 1.807) is 0 Å². The Labute approximate surface area is 68.4 Å². The van der Waals surface area contributed by atoms with Crippen molar-refractivity contribution in [2.45, 2.75) is 0 Å². The van der Waals surface area contributed by atoms with Crippen molar-refractivity contribution < 1.29 is 41.5 Å². The van der Waals surface area contributed by atoms with E-state index in [4.69, 9.17) is 17.2 Å². The normalized spacial score (nSPS) is 7.50. The Hall–Kier alpha value is 0.354. The van der Waals surface area contributed by atoms with Gasteiger partial charge in [0.25, 0.3) is 0 Å². The third kappa shape index (κ3) is 23.8. The van der Waals surface area contributed by atoms with Gasteiger partial charge in [-0.3, -0.25) is 0 Å². The fraction of sp³-hybridized carbons (Fsp3) is 1.00. The van der Waals surface area contributed by atoms with Crippen molar-refractivity contribution in [3.05, 3.63) is 0 Å². The van der Waals surface area contributed by atoms with E-state index in [1.807, 2.05) is 0 Å². The third-order valence-corrected chi connectivity index (χ3v) is 0.471. The molecule has 0 aromatic rings. The average molecular weight is 187 g/mol. The molecular formula is C4H11O5Ti. The Morgan fingerprint density at radius 1 is 1.20 bits per heavy atom. The van der Waals surface area contributed by atoms with Gasteiger partial charge in [-0.2, -0.15) is 0 Å². The van der Waals surface area contributed by atoms with Crippen LogP contribution in [-0.4, -0.2) is 40.3 Å². The van der Waals surface area contributed by atoms with Gasteiger partial charge in [-0.25, -0.2) is 0 Å². The molecule has 0 heterocycles. The number of aliphatic hydroxyl groups is 2. The van der Waals surface area contributed by atoms with E-state index in [2.05, 4.69) is 4.74 Å². The Bertz CT molecular complexity index is 55.6. The first kappa shape index (κ1) is 13.0. The van der Waals surface area contributed by atoms with E-state index in [-0.39, 0.29) is 13.2 Å². The third-order valence-electron chi connectivity index (χ3n) is 0.471. The van der Waals surface area contributed by atoms with Crippen molar-refractivity contribution in [3.8, 4) is 0 Å². The van der Waals surface area contributed by atoms with Gasteiger partial charge in [-0.1, -0.05) is 0 Å². The second kappa shape index (κ2) is 16.2. The molecule has 0 fully saturated rings. The SMILES string of the molecule is OCCOCCO.[O]=[Ti][OH]. The van der Waals surface area contributed by atoms with Gasteiger partial charge < -0.3 is 14.9 Å². The predicted molar refractivity (Wildman–Crippen MR) is 27.9 cm³/mol. The minimum atomic E-state index is -1.75. The van der Waals surface area contributed by atoms with Crippen LogP contribution >= 0.6 is 0 Å². The number of rotatable bonds is 4. The van der Waals surface area contributed by atoms with Crippen LogP contribution in [0.4, 0.5) is 0 Å². The van der Waals surface area contributed by atoms with Crippen LogP contribution in [0.25, 0.3) is 0 Å². The van der Waals surface area contributed by atoms with Crippen LogP contribution in [0.5, 0.6) is 0 Å². The zero-order valence-electron chi connectivity index (χ0n) is 5.49. The molecular weight excluding hydrogens is 176 g/mol. The summed E-state index contributed by atoms with van der Waals surface area (Å²) in [6.45, 7) is 0.696. The van der Waals surface area contributed by atoms with Gasteiger partial charge in [0.2, 0.25) is 0 Å². The maximum atomic E-state index is 8.61. The average Bonchev–Trinajstić information content (AvgIpc) is 1.91. The van der Waals surface area contributed by atoms with E-state index in [9.17, 15) is 0 Å². The van der Waals surface area contributed by atoms with Crippen molar-refractivity contribution in [1.29, 1.82) is 0 Å². The minimum absolute atomic E-state index is 0.0278. The fourth-order valence-electron chi connectivity index (χ4n) is 0.231. The summed E-state index contributed by atoms with van der Waals surface area (Å²) >= 11 is -1.75. The molecule has 0 saturated carbocycles. The molecule has 0 aliphatic rings. The molecule has 0 aromatic heterocycles. The molecule has 6 heteroatoms. The van der Waals surface area contributed by atoms with E-state index in [1.165, 1.54) is 0 Å². The molecule has 0 radical (unpaired) electrons. The van der Waals surface area contributed by atoms with Crippen molar-refractivity contribution >= 4 is 0 Å². The summed E-state index contributed by atoms with van der Waals surface area (Å²) in [6, 6.07) is 0. The molecule has 0 spiro atoms. The van der Waals surface area contributed by atoms with Crippen LogP contribution in [0.3, 0.4) is 0 Å². The number of hydrogen-bond acceptors (Lipinski definition) is 4. The van der Waals surface area contributed by atoms with Crippen LogP contribution in [0, 0.1) is 0 Å². The standard InChI is InChI=1S/C4H10O3.H2O.O.Ti/c5-1-3-7-4-2-6;;;/h5-6H,1-4H2;1H2;;/q;;;+1/p-1. The van der Waals surface area contributed by atoms with Crippen LogP contribution in [0.2, 0.25) is 0 Å². The Balaban J connectivity index is 0. The Kier molecular flexibility index (Phi) is 21.0. The monoisotopic (exact) mass is 187 g/mol. The summed E-state index contributed by atoms with van der Waals surface area (Å²) in [6.07, 6.45) is 0. The summed E-state index contributed by atoms with van der Waals surface area (Å²) in [5.41, 5.74) is 0. The zero-order chi connectivity index (χ0) is 8.24. The summed E-state index contributed by atoms with van der Waals surface area (Å²) in [5, 5.41) is 16.2. The van der Waals surface area contributed by atoms with Crippen molar-refractivity contribution in [3.63, 3.8) is 0 Å². The molecule has 5 nitrogen and oxygen atoms in total. The molecule has 3 N–H and O–H groups in total. The second-order valence-corrected chi connectivity index (χ2v) is 1.44. The molecule has 0 aliphatic carbocycles. The predicted octanol–water partition coefficient (Wildman–Crippen LogP) is -1.69. The van der Waals surface area contributed by atoms with Gasteiger partial charge in [0.05, 0.1) is 26.4 Å². The van der Waals surface area contributed by atoms with Crippen LogP contribution in [0.1, 0.15) is 0 Å². The number of hydrogen-bond donors (Lipinski definition) is 3. The van der Waals surface area contributed by atoms with Crippen LogP contribution < -0.4 is 0 Å². The summed E-state index contributed by atoms with van der Waals surface area (Å²) in [4.78, 5) is 0. The molecule has 0 atom stereocenters. The molecule has 0 amide bonds. The topological polar surface area (TPSA) is 87.0 Å². The van der Waals surface area contributed by atoms with Gasteiger partial charge >= 0.3 is 26.5 Å². The molecule has 0 aromatic carbocycles. The van der Waals surface area contributed by atoms with Gasteiger partial charge in [-0.15, -0.1) is 0 Å². The summed E-state index contributed by atoms with van der Waals surface area (Å²) in [5.74, 6) is 0. The van der Waals surface area contributed by atoms with Gasteiger partial charge in [0.1, 0.15) is 0 Å². The van der Waals surface area contributed by atoms with Gasteiger partial charge in [0, 0.05) is 0 Å². The van der Waals surface area contributed by atoms with Gasteiger partial charge in [0.15, 0.2) is 0 Å². The molecule has 0 bridgehead atoms. The molecule has 0 saturated heterocycles. The van der Waals surface area contributed by atoms with Crippen molar-refractivity contribution in [1.82, 2.24) is 0 Å². The van der Waals surface area contributed by atoms with Gasteiger partial charge in [-0.05, 0) is 0 Å². The number of aliphatic hydroxyl groups excluding tert-OH is 2. The maximum absolute atomic E-state index is 8.61. The Morgan fingerprint density at radius 2 is 1.50 bits per heavy atom. The fourth-order valence-corrected chi connectivity index (χ4v) is 0.231. The molecule has 61 valence electrons. The van der Waals surface area contributed by atoms with Crippen LogP contribution in [0.15, 0.2) is 0 Å². The second-order valence-electron chi connectivity index (χ2n) is 1.15. The summed E-state index contributed by atoms with van der Waals surface area (Å²) in [7, 11) is 0. The van der Waals surface area contributed by atoms with Crippen molar-refractivity contribution in [2.75, 3.05) is 26.4 Å². The summed E-state index contributed by atoms with van der Waals surface area (Å²) < 4.78 is 20.4. The molecule has 0 rings (SSSR count). The first-order valence-corrected chi connectivity index (χ1v) is 3.97. The zero-order valence-corrected chi connectivity index (χ0v) is 7.05. The molecule has 10 heavy (non-hydrogen) atoms. The van der Waals surface area contributed by atoms with E-state index in [0.29, 0.717) is 13.2 Å². The molecule has 0 aliphatic heterocycles. The van der Waals surface area contributed by atoms with Crippen molar-refractivity contribution in [2.24, 2.45) is 0 Å². The Morgan fingerprint density at radius 3 is 1.70 bits per heavy atom. The van der Waals surface area contributed by atoms with Crippen LogP contribution in [-0.2, 0) is 27.6 Å². The van der Waals surface area contributed by atoms with E-state index >= 15 is 0 Å². The van der Waals surface area contributed by atoms with E-state index < -0.39 is 19.5 Å². The first-order valence-electron chi connectivity index (χ1n) is 2.64. The quantitative estimate of drug-likeness (QED) is 0.361. The molecule has 0 unspecified atom stereocenters. The van der Waals surface area contributed by atoms with E-state index in [0.717, 1.165) is 0 Å². The number of ether oxygens (including phenoxy) is 1. The first-order chi connectivity index (χ1) is 4.83.